The largest absolute Gasteiger partial charge is 0.478 e. The SMILES string of the molecule is NC(=O)c1c(Cl)ccc(Br)c1Cl.O=C(O)c1c(Cl)ccc(Br)c1Cl. The van der Waals surface area contributed by atoms with Crippen LogP contribution in [0.25, 0.3) is 0 Å². The number of rotatable bonds is 2. The maximum absolute atomic E-state index is 10.8. The first-order valence-corrected chi connectivity index (χ1v) is 8.97. The predicted octanol–water partition coefficient (Wildman–Crippen LogP) is 6.31. The number of carboxylic acids is 1. The number of hydrogen-bond donors (Lipinski definition) is 2. The highest BCUT2D eigenvalue weighted by Crippen LogP contribution is 2.32. The van der Waals surface area contributed by atoms with Gasteiger partial charge in [0.1, 0.15) is 0 Å². The summed E-state index contributed by atoms with van der Waals surface area (Å²) < 4.78 is 1.12. The lowest BCUT2D eigenvalue weighted by molar-refractivity contribution is 0.0697. The monoisotopic (exact) mass is 535 g/mol. The van der Waals surface area contributed by atoms with Gasteiger partial charge in [0, 0.05) is 8.95 Å². The molecular weight excluding hydrogens is 532 g/mol. The zero-order chi connectivity index (χ0) is 18.6. The van der Waals surface area contributed by atoms with Crippen molar-refractivity contribution in [1.29, 1.82) is 0 Å². The second-order valence-corrected chi connectivity index (χ2v) is 7.38. The Kier molecular flexibility index (Phi) is 8.32. The zero-order valence-corrected chi connectivity index (χ0v) is 17.6. The Balaban J connectivity index is 0.000000240. The Hall–Kier alpha value is -0.500. The van der Waals surface area contributed by atoms with Gasteiger partial charge in [0.15, 0.2) is 0 Å². The summed E-state index contributed by atoms with van der Waals surface area (Å²) in [4.78, 5) is 21.4. The molecule has 0 saturated carbocycles. The highest BCUT2D eigenvalue weighted by atomic mass is 79.9. The second kappa shape index (κ2) is 9.27. The number of benzene rings is 2. The molecule has 0 aliphatic rings. The Morgan fingerprint density at radius 3 is 1.50 bits per heavy atom. The van der Waals surface area contributed by atoms with Crippen molar-refractivity contribution < 1.29 is 14.7 Å². The average Bonchev–Trinajstić information content (AvgIpc) is 2.48. The minimum atomic E-state index is -1.13. The summed E-state index contributed by atoms with van der Waals surface area (Å²) in [6.07, 6.45) is 0. The third-order valence-corrected chi connectivity index (χ3v) is 5.74. The van der Waals surface area contributed by atoms with Crippen LogP contribution >= 0.6 is 78.3 Å². The van der Waals surface area contributed by atoms with Crippen LogP contribution < -0.4 is 5.73 Å². The van der Waals surface area contributed by atoms with Crippen LogP contribution in [0.2, 0.25) is 20.1 Å². The number of hydrogen-bond acceptors (Lipinski definition) is 2. The summed E-state index contributed by atoms with van der Waals surface area (Å²) in [5, 5.41) is 9.44. The molecule has 0 aliphatic heterocycles. The van der Waals surface area contributed by atoms with Crippen LogP contribution in [0, 0.1) is 0 Å². The fourth-order valence-corrected chi connectivity index (χ4v) is 3.23. The molecule has 0 unspecified atom stereocenters. The number of amides is 1. The van der Waals surface area contributed by atoms with Gasteiger partial charge in [-0.25, -0.2) is 4.79 Å². The van der Waals surface area contributed by atoms with Crippen molar-refractivity contribution in [2.24, 2.45) is 5.73 Å². The lowest BCUT2D eigenvalue weighted by atomic mass is 10.2. The van der Waals surface area contributed by atoms with Crippen LogP contribution in [-0.2, 0) is 0 Å². The van der Waals surface area contributed by atoms with Crippen molar-refractivity contribution in [3.63, 3.8) is 0 Å². The third-order valence-electron chi connectivity index (χ3n) is 2.55. The summed E-state index contributed by atoms with van der Waals surface area (Å²) in [7, 11) is 0. The van der Waals surface area contributed by atoms with Gasteiger partial charge in [0.25, 0.3) is 5.91 Å². The van der Waals surface area contributed by atoms with Crippen molar-refractivity contribution in [2.45, 2.75) is 0 Å². The fraction of sp³-hybridized carbons (Fsp3) is 0. The molecule has 2 rings (SSSR count). The zero-order valence-electron chi connectivity index (χ0n) is 11.4. The molecule has 0 aromatic heterocycles. The summed E-state index contributed by atoms with van der Waals surface area (Å²) in [6.45, 7) is 0. The number of carboxylic acid groups (broad SMARTS) is 1. The molecule has 1 amide bonds. The van der Waals surface area contributed by atoms with E-state index in [-0.39, 0.29) is 31.2 Å². The van der Waals surface area contributed by atoms with Crippen LogP contribution in [0.3, 0.4) is 0 Å². The minimum absolute atomic E-state index is 0.0762. The molecule has 10 heteroatoms. The van der Waals surface area contributed by atoms with Crippen LogP contribution in [0.5, 0.6) is 0 Å². The van der Waals surface area contributed by atoms with Gasteiger partial charge in [0.05, 0.1) is 31.2 Å². The normalized spacial score (nSPS) is 9.92. The minimum Gasteiger partial charge on any atom is -0.478 e. The predicted molar refractivity (Wildman–Crippen MR) is 104 cm³/mol. The van der Waals surface area contributed by atoms with Crippen LogP contribution in [-0.4, -0.2) is 17.0 Å². The standard InChI is InChI=1S/C7H4BrCl2NO.C7H3BrCl2O2/c2*8-3-1-2-4(9)5(6(3)10)7(11)12/h1-2H,(H2,11,12);1-2H,(H,11,12). The van der Waals surface area contributed by atoms with Gasteiger partial charge in [-0.2, -0.15) is 0 Å². The van der Waals surface area contributed by atoms with Crippen molar-refractivity contribution in [3.8, 4) is 0 Å². The van der Waals surface area contributed by atoms with Crippen molar-refractivity contribution >= 4 is 90.1 Å². The van der Waals surface area contributed by atoms with Crippen molar-refractivity contribution in [3.05, 3.63) is 64.4 Å². The summed E-state index contributed by atoms with van der Waals surface area (Å²) >= 11 is 29.0. The number of primary amides is 1. The molecule has 0 saturated heterocycles. The van der Waals surface area contributed by atoms with Gasteiger partial charge >= 0.3 is 5.97 Å². The molecule has 0 aliphatic carbocycles. The Bertz CT molecular complexity index is 748. The molecule has 3 N–H and O–H groups in total. The smallest absolute Gasteiger partial charge is 0.338 e. The summed E-state index contributed by atoms with van der Waals surface area (Å²) in [6, 6.07) is 6.27. The molecule has 24 heavy (non-hydrogen) atoms. The molecule has 0 spiro atoms. The van der Waals surface area contributed by atoms with E-state index in [4.69, 9.17) is 57.2 Å². The molecule has 0 fully saturated rings. The number of halogens is 6. The van der Waals surface area contributed by atoms with E-state index < -0.39 is 11.9 Å². The molecule has 2 aromatic carbocycles. The van der Waals surface area contributed by atoms with E-state index in [1.165, 1.54) is 6.07 Å². The lowest BCUT2D eigenvalue weighted by Crippen LogP contribution is -2.12. The van der Waals surface area contributed by atoms with E-state index in [0.29, 0.717) is 8.95 Å². The molecule has 128 valence electrons. The van der Waals surface area contributed by atoms with Gasteiger partial charge in [0.2, 0.25) is 0 Å². The fourth-order valence-electron chi connectivity index (χ4n) is 1.48. The topological polar surface area (TPSA) is 80.4 Å². The molecule has 0 radical (unpaired) electrons. The van der Waals surface area contributed by atoms with E-state index >= 15 is 0 Å². The van der Waals surface area contributed by atoms with Crippen LogP contribution in [0.1, 0.15) is 20.7 Å². The average molecular weight is 539 g/mol. The maximum atomic E-state index is 10.8. The Morgan fingerprint density at radius 2 is 1.21 bits per heavy atom. The van der Waals surface area contributed by atoms with Crippen LogP contribution in [0.15, 0.2) is 33.2 Å². The van der Waals surface area contributed by atoms with Gasteiger partial charge in [-0.15, -0.1) is 0 Å². The quantitative estimate of drug-likeness (QED) is 0.440. The molecular formula is C14H7Br2Cl4NO3. The number of aromatic carboxylic acids is 1. The van der Waals surface area contributed by atoms with E-state index in [1.54, 1.807) is 18.2 Å². The van der Waals surface area contributed by atoms with E-state index in [0.717, 1.165) is 0 Å². The molecule has 2 aromatic rings. The summed E-state index contributed by atoms with van der Waals surface area (Å²) in [5.41, 5.74) is 5.13. The number of carbonyl (C=O) groups excluding carboxylic acids is 1. The maximum Gasteiger partial charge on any atom is 0.338 e. The van der Waals surface area contributed by atoms with Crippen molar-refractivity contribution in [1.82, 2.24) is 0 Å². The third kappa shape index (κ3) is 5.25. The Labute approximate surface area is 174 Å². The first-order valence-electron chi connectivity index (χ1n) is 5.88. The van der Waals surface area contributed by atoms with Gasteiger partial charge in [-0.05, 0) is 56.1 Å². The van der Waals surface area contributed by atoms with Crippen molar-refractivity contribution in [2.75, 3.05) is 0 Å². The highest BCUT2D eigenvalue weighted by Gasteiger charge is 2.15. The van der Waals surface area contributed by atoms with E-state index in [9.17, 15) is 9.59 Å². The lowest BCUT2D eigenvalue weighted by Gasteiger charge is -2.03. The molecule has 0 bridgehead atoms. The molecule has 0 heterocycles. The summed E-state index contributed by atoms with van der Waals surface area (Å²) in [5.74, 6) is -1.77. The van der Waals surface area contributed by atoms with Gasteiger partial charge in [-0.3, -0.25) is 4.79 Å². The van der Waals surface area contributed by atoms with Gasteiger partial charge < -0.3 is 10.8 Å². The number of nitrogens with two attached hydrogens (primary N) is 1. The molecule has 4 nitrogen and oxygen atoms in total. The highest BCUT2D eigenvalue weighted by molar-refractivity contribution is 9.10. The first kappa shape index (κ1) is 21.5. The second-order valence-electron chi connectivity index (χ2n) is 4.11. The van der Waals surface area contributed by atoms with E-state index in [2.05, 4.69) is 31.9 Å². The number of carbonyl (C=O) groups is 2. The molecule has 0 atom stereocenters. The van der Waals surface area contributed by atoms with Gasteiger partial charge in [-0.1, -0.05) is 46.4 Å². The van der Waals surface area contributed by atoms with Crippen LogP contribution in [0.4, 0.5) is 0 Å². The van der Waals surface area contributed by atoms with E-state index in [1.807, 2.05) is 0 Å². The Morgan fingerprint density at radius 1 is 0.833 bits per heavy atom. The first-order chi connectivity index (χ1) is 11.1.